The molecule has 0 saturated heterocycles. The predicted octanol–water partition coefficient (Wildman–Crippen LogP) is 4.63. The molecular formula is C14H11BrClFO. The summed E-state index contributed by atoms with van der Waals surface area (Å²) in [6.45, 7) is 1.85. The second-order valence-corrected chi connectivity index (χ2v) is 5.42. The first kappa shape index (κ1) is 13.5. The molecule has 0 aromatic heterocycles. The number of rotatable bonds is 2. The van der Waals surface area contributed by atoms with E-state index in [0.717, 1.165) is 10.0 Å². The van der Waals surface area contributed by atoms with Crippen LogP contribution in [-0.4, -0.2) is 5.11 Å². The van der Waals surface area contributed by atoms with Gasteiger partial charge < -0.3 is 5.11 Å². The van der Waals surface area contributed by atoms with Crippen molar-refractivity contribution in [2.45, 2.75) is 13.0 Å². The lowest BCUT2D eigenvalue weighted by Crippen LogP contribution is -2.04. The van der Waals surface area contributed by atoms with Gasteiger partial charge in [-0.1, -0.05) is 33.6 Å². The van der Waals surface area contributed by atoms with Crippen molar-refractivity contribution in [3.05, 3.63) is 68.4 Å². The number of aliphatic hydroxyl groups is 1. The van der Waals surface area contributed by atoms with Gasteiger partial charge in [-0.05, 0) is 48.4 Å². The summed E-state index contributed by atoms with van der Waals surface area (Å²) in [7, 11) is 0. The molecule has 0 heterocycles. The second kappa shape index (κ2) is 5.39. The normalized spacial score (nSPS) is 12.5. The first-order valence-electron chi connectivity index (χ1n) is 5.38. The fourth-order valence-corrected chi connectivity index (χ4v) is 2.36. The van der Waals surface area contributed by atoms with Crippen molar-refractivity contribution in [3.8, 4) is 0 Å². The standard InChI is InChI=1S/C14H11BrClFO/c1-8-2-4-10(16)7-11(8)14(18)12-6-9(15)3-5-13(12)17/h2-7,14,18H,1H3. The predicted molar refractivity (Wildman–Crippen MR) is 74.4 cm³/mol. The minimum Gasteiger partial charge on any atom is -0.384 e. The third-order valence-electron chi connectivity index (χ3n) is 2.79. The SMILES string of the molecule is Cc1ccc(Cl)cc1C(O)c1cc(Br)ccc1F. The summed E-state index contributed by atoms with van der Waals surface area (Å²) in [5.74, 6) is -0.440. The number of aliphatic hydroxyl groups excluding tert-OH is 1. The number of halogens is 3. The van der Waals surface area contributed by atoms with Crippen LogP contribution in [0.2, 0.25) is 5.02 Å². The summed E-state index contributed by atoms with van der Waals surface area (Å²) in [5.41, 5.74) is 1.71. The molecule has 2 aromatic carbocycles. The molecule has 4 heteroatoms. The van der Waals surface area contributed by atoms with Gasteiger partial charge >= 0.3 is 0 Å². The van der Waals surface area contributed by atoms with Gasteiger partial charge in [-0.3, -0.25) is 0 Å². The van der Waals surface area contributed by atoms with Crippen LogP contribution in [0.15, 0.2) is 40.9 Å². The molecule has 1 N–H and O–H groups in total. The molecule has 0 bridgehead atoms. The summed E-state index contributed by atoms with van der Waals surface area (Å²) in [4.78, 5) is 0. The van der Waals surface area contributed by atoms with Gasteiger partial charge in [0, 0.05) is 15.1 Å². The van der Waals surface area contributed by atoms with Crippen LogP contribution >= 0.6 is 27.5 Å². The first-order chi connectivity index (χ1) is 8.49. The zero-order chi connectivity index (χ0) is 13.3. The van der Waals surface area contributed by atoms with Gasteiger partial charge in [0.15, 0.2) is 0 Å². The van der Waals surface area contributed by atoms with Crippen molar-refractivity contribution >= 4 is 27.5 Å². The van der Waals surface area contributed by atoms with Crippen molar-refractivity contribution in [2.24, 2.45) is 0 Å². The Kier molecular flexibility index (Phi) is 4.05. The van der Waals surface area contributed by atoms with Crippen molar-refractivity contribution in [1.82, 2.24) is 0 Å². The lowest BCUT2D eigenvalue weighted by Gasteiger charge is -2.15. The van der Waals surface area contributed by atoms with E-state index >= 15 is 0 Å². The van der Waals surface area contributed by atoms with E-state index in [-0.39, 0.29) is 5.56 Å². The zero-order valence-corrected chi connectivity index (χ0v) is 12.0. The highest BCUT2D eigenvalue weighted by Crippen LogP contribution is 2.30. The highest BCUT2D eigenvalue weighted by atomic mass is 79.9. The lowest BCUT2D eigenvalue weighted by atomic mass is 9.97. The minimum absolute atomic E-state index is 0.231. The van der Waals surface area contributed by atoms with Gasteiger partial charge in [0.05, 0.1) is 0 Å². The molecule has 0 amide bonds. The molecular weight excluding hydrogens is 319 g/mol. The Morgan fingerprint density at radius 1 is 1.17 bits per heavy atom. The van der Waals surface area contributed by atoms with E-state index in [1.165, 1.54) is 6.07 Å². The molecule has 0 aliphatic heterocycles. The smallest absolute Gasteiger partial charge is 0.129 e. The van der Waals surface area contributed by atoms with Crippen LogP contribution in [0, 0.1) is 12.7 Å². The molecule has 0 saturated carbocycles. The summed E-state index contributed by atoms with van der Waals surface area (Å²) in [5, 5.41) is 10.8. The van der Waals surface area contributed by atoms with Crippen LogP contribution in [0.1, 0.15) is 22.8 Å². The van der Waals surface area contributed by atoms with Crippen LogP contribution in [0.25, 0.3) is 0 Å². The van der Waals surface area contributed by atoms with Crippen molar-refractivity contribution in [1.29, 1.82) is 0 Å². The van der Waals surface area contributed by atoms with E-state index in [1.54, 1.807) is 30.3 Å². The maximum absolute atomic E-state index is 13.7. The van der Waals surface area contributed by atoms with E-state index in [9.17, 15) is 9.50 Å². The van der Waals surface area contributed by atoms with E-state index in [0.29, 0.717) is 10.6 Å². The van der Waals surface area contributed by atoms with E-state index in [2.05, 4.69) is 15.9 Å². The van der Waals surface area contributed by atoms with Crippen molar-refractivity contribution in [3.63, 3.8) is 0 Å². The van der Waals surface area contributed by atoms with Crippen LogP contribution in [0.5, 0.6) is 0 Å². The van der Waals surface area contributed by atoms with Crippen LogP contribution < -0.4 is 0 Å². The second-order valence-electron chi connectivity index (χ2n) is 4.07. The van der Waals surface area contributed by atoms with E-state index in [1.807, 2.05) is 6.92 Å². The Morgan fingerprint density at radius 3 is 2.61 bits per heavy atom. The lowest BCUT2D eigenvalue weighted by molar-refractivity contribution is 0.214. The van der Waals surface area contributed by atoms with E-state index in [4.69, 9.17) is 11.6 Å². The Labute approximate surface area is 118 Å². The van der Waals surface area contributed by atoms with Gasteiger partial charge in [0.1, 0.15) is 11.9 Å². The molecule has 1 atom stereocenters. The Balaban J connectivity index is 2.50. The molecule has 0 spiro atoms. The Morgan fingerprint density at radius 2 is 1.89 bits per heavy atom. The van der Waals surface area contributed by atoms with Gasteiger partial charge in [-0.25, -0.2) is 4.39 Å². The minimum atomic E-state index is -1.03. The highest BCUT2D eigenvalue weighted by molar-refractivity contribution is 9.10. The van der Waals surface area contributed by atoms with Gasteiger partial charge in [0.2, 0.25) is 0 Å². The summed E-state index contributed by atoms with van der Waals surface area (Å²) in [6, 6.07) is 9.68. The Bertz CT molecular complexity index is 535. The summed E-state index contributed by atoms with van der Waals surface area (Å²) >= 11 is 9.17. The fraction of sp³-hybridized carbons (Fsp3) is 0.143. The zero-order valence-electron chi connectivity index (χ0n) is 9.62. The molecule has 18 heavy (non-hydrogen) atoms. The largest absolute Gasteiger partial charge is 0.384 e. The molecule has 2 aromatic rings. The molecule has 0 aliphatic rings. The van der Waals surface area contributed by atoms with Gasteiger partial charge in [0.25, 0.3) is 0 Å². The molecule has 1 unspecified atom stereocenters. The topological polar surface area (TPSA) is 20.2 Å². The Hall–Kier alpha value is -0.900. The third kappa shape index (κ3) is 2.74. The quantitative estimate of drug-likeness (QED) is 0.851. The number of benzene rings is 2. The molecule has 1 nitrogen and oxygen atoms in total. The fourth-order valence-electron chi connectivity index (χ4n) is 1.80. The number of hydrogen-bond donors (Lipinski definition) is 1. The first-order valence-corrected chi connectivity index (χ1v) is 6.55. The maximum Gasteiger partial charge on any atom is 0.129 e. The molecule has 0 aliphatic carbocycles. The number of hydrogen-bond acceptors (Lipinski definition) is 1. The molecule has 0 radical (unpaired) electrons. The van der Waals surface area contributed by atoms with Crippen LogP contribution in [-0.2, 0) is 0 Å². The van der Waals surface area contributed by atoms with Gasteiger partial charge in [-0.2, -0.15) is 0 Å². The van der Waals surface area contributed by atoms with Crippen LogP contribution in [0.3, 0.4) is 0 Å². The maximum atomic E-state index is 13.7. The van der Waals surface area contributed by atoms with Crippen molar-refractivity contribution in [2.75, 3.05) is 0 Å². The van der Waals surface area contributed by atoms with Crippen LogP contribution in [0.4, 0.5) is 4.39 Å². The highest BCUT2D eigenvalue weighted by Gasteiger charge is 2.17. The summed E-state index contributed by atoms with van der Waals surface area (Å²) < 4.78 is 14.4. The molecule has 2 rings (SSSR count). The average Bonchev–Trinajstić information content (AvgIpc) is 2.34. The van der Waals surface area contributed by atoms with E-state index < -0.39 is 11.9 Å². The summed E-state index contributed by atoms with van der Waals surface area (Å²) in [6.07, 6.45) is -1.03. The molecule has 94 valence electrons. The third-order valence-corrected chi connectivity index (χ3v) is 3.52. The molecule has 0 fully saturated rings. The van der Waals surface area contributed by atoms with Crippen molar-refractivity contribution < 1.29 is 9.50 Å². The average molecular weight is 330 g/mol. The number of aryl methyl sites for hydroxylation is 1. The monoisotopic (exact) mass is 328 g/mol. The van der Waals surface area contributed by atoms with Gasteiger partial charge in [-0.15, -0.1) is 0 Å².